The van der Waals surface area contributed by atoms with Crippen LogP contribution in [0.2, 0.25) is 0 Å². The molecule has 6 N–H and O–H groups in total. The van der Waals surface area contributed by atoms with Gasteiger partial charge in [0.05, 0.1) is 34.7 Å². The highest BCUT2D eigenvalue weighted by atomic mass is 16.5. The molecule has 42 heavy (non-hydrogen) atoms. The van der Waals surface area contributed by atoms with Crippen LogP contribution in [0, 0.1) is 17.2 Å². The van der Waals surface area contributed by atoms with Crippen LogP contribution >= 0.6 is 0 Å². The number of aliphatic hydroxyl groups excluding tert-OH is 1. The van der Waals surface area contributed by atoms with Gasteiger partial charge < -0.3 is 20.9 Å². The Labute approximate surface area is 248 Å². The smallest absolute Gasteiger partial charge is 0.250 e. The zero-order valence-corrected chi connectivity index (χ0v) is 25.0. The summed E-state index contributed by atoms with van der Waals surface area (Å²) >= 11 is 0. The minimum atomic E-state index is -0.664. The summed E-state index contributed by atoms with van der Waals surface area (Å²) in [4.78, 5) is 17.5. The molecule has 0 bridgehead atoms. The number of nitrogens with one attached hydrogen (secondary N) is 3. The number of hydrogen-bond donors (Lipinski definition) is 5. The summed E-state index contributed by atoms with van der Waals surface area (Å²) in [5, 5.41) is 22.6. The molecule has 5 aliphatic rings. The summed E-state index contributed by atoms with van der Waals surface area (Å²) in [6, 6.07) is 0.184. The van der Waals surface area contributed by atoms with Crippen molar-refractivity contribution in [1.82, 2.24) is 15.8 Å². The van der Waals surface area contributed by atoms with E-state index in [-0.39, 0.29) is 29.8 Å². The van der Waals surface area contributed by atoms with Gasteiger partial charge in [0, 0.05) is 25.6 Å². The lowest BCUT2D eigenvalue weighted by Crippen LogP contribution is -2.43. The van der Waals surface area contributed by atoms with E-state index in [2.05, 4.69) is 53.5 Å². The highest BCUT2D eigenvalue weighted by molar-refractivity contribution is 6.05. The number of amidine groups is 1. The van der Waals surface area contributed by atoms with E-state index in [1.54, 1.807) is 7.11 Å². The molecule has 0 saturated heterocycles. The van der Waals surface area contributed by atoms with Crippen LogP contribution in [-0.2, 0) is 9.53 Å². The second-order valence-electron chi connectivity index (χ2n) is 12.3. The van der Waals surface area contributed by atoms with Crippen molar-refractivity contribution in [2.45, 2.75) is 76.5 Å². The van der Waals surface area contributed by atoms with Crippen LogP contribution in [0.1, 0.15) is 58.8 Å². The van der Waals surface area contributed by atoms with E-state index in [1.807, 2.05) is 24.1 Å². The Morgan fingerprint density at radius 2 is 2.07 bits per heavy atom. The maximum atomic E-state index is 13.4. The summed E-state index contributed by atoms with van der Waals surface area (Å²) in [7, 11) is 1.67. The molecule has 0 aromatic rings. The molecule has 1 aliphatic heterocycles. The number of aliphatic hydroxyl groups is 1. The molecule has 1 heterocycles. The number of aliphatic imine (C=N–C) groups is 1. The number of carbonyl (C=O) groups excluding carboxylic acids is 1. The molecule has 3 unspecified atom stereocenters. The predicted molar refractivity (Wildman–Crippen MR) is 166 cm³/mol. The number of amides is 1. The first-order chi connectivity index (χ1) is 20.1. The number of methoxy groups -OCH3 is 1. The van der Waals surface area contributed by atoms with Gasteiger partial charge in [-0.1, -0.05) is 43.9 Å². The van der Waals surface area contributed by atoms with Gasteiger partial charge in [0.2, 0.25) is 5.91 Å². The van der Waals surface area contributed by atoms with Crippen LogP contribution in [0.5, 0.6) is 0 Å². The Morgan fingerprint density at radius 1 is 1.31 bits per heavy atom. The van der Waals surface area contributed by atoms with Crippen LogP contribution in [0.3, 0.4) is 0 Å². The van der Waals surface area contributed by atoms with Gasteiger partial charge in [-0.2, -0.15) is 0 Å². The number of nitrogens with two attached hydrogens (primary N) is 1. The molecule has 224 valence electrons. The molecule has 0 aromatic carbocycles. The summed E-state index contributed by atoms with van der Waals surface area (Å²) in [6.45, 7) is 9.00. The number of rotatable bonds is 8. The third kappa shape index (κ3) is 5.94. The topological polar surface area (TPSA) is 136 Å². The normalized spacial score (nSPS) is 31.5. The lowest BCUT2D eigenvalue weighted by atomic mass is 9.76. The molecule has 3 atom stereocenters. The van der Waals surface area contributed by atoms with Crippen molar-refractivity contribution in [3.8, 4) is 0 Å². The standard InChI is InChI=1S/C33H44N6O3/c1-20-5-8-24-17-33(3,42-4)28(16-25(24)15-20)32(41)36-18-22-6-9-23(10-7-22)30-29(31(35)37-19-34)21(2)39(38-30)26-11-13-27(40)14-12-26/h5-6,8-10,16,19-20,22,26-27,38,40H,2,7,11-15,17-18H2,1,3-4H3,(H,36,41)(H3,34,35,37). The highest BCUT2D eigenvalue weighted by Crippen LogP contribution is 2.40. The Hall–Kier alpha value is -3.69. The van der Waals surface area contributed by atoms with Gasteiger partial charge in [-0.25, -0.2) is 4.99 Å². The van der Waals surface area contributed by atoms with Crippen LogP contribution in [0.25, 0.3) is 0 Å². The number of carbonyl (C=O) groups is 1. The van der Waals surface area contributed by atoms with Gasteiger partial charge in [-0.15, -0.1) is 0 Å². The summed E-state index contributed by atoms with van der Waals surface area (Å²) in [5.41, 5.74) is 15.5. The van der Waals surface area contributed by atoms with E-state index in [1.165, 1.54) is 11.1 Å². The van der Waals surface area contributed by atoms with Gasteiger partial charge in [0.15, 0.2) is 0 Å². The van der Waals surface area contributed by atoms with Crippen molar-refractivity contribution < 1.29 is 14.6 Å². The van der Waals surface area contributed by atoms with E-state index in [0.717, 1.165) is 61.8 Å². The summed E-state index contributed by atoms with van der Waals surface area (Å²) in [6.07, 6.45) is 19.0. The fraction of sp³-hybridized carbons (Fsp3) is 0.485. The molecule has 1 fully saturated rings. The average Bonchev–Trinajstić information content (AvgIpc) is 3.33. The van der Waals surface area contributed by atoms with Gasteiger partial charge in [-0.05, 0) is 80.1 Å². The van der Waals surface area contributed by atoms with E-state index in [4.69, 9.17) is 15.9 Å². The molecule has 4 aliphatic carbocycles. The lowest BCUT2D eigenvalue weighted by Gasteiger charge is -2.36. The number of ether oxygens (including phenoxy) is 1. The summed E-state index contributed by atoms with van der Waals surface area (Å²) in [5.74, 6) is 0.753. The van der Waals surface area contributed by atoms with E-state index in [0.29, 0.717) is 30.0 Å². The quantitative estimate of drug-likeness (QED) is 0.220. The van der Waals surface area contributed by atoms with E-state index < -0.39 is 5.60 Å². The summed E-state index contributed by atoms with van der Waals surface area (Å²) < 4.78 is 5.87. The number of nitrogens with zero attached hydrogens (tertiary/aromatic N) is 2. The minimum absolute atomic E-state index is 0.0843. The molecule has 9 heteroatoms. The minimum Gasteiger partial charge on any atom is -0.393 e. The molecule has 0 spiro atoms. The maximum absolute atomic E-state index is 13.4. The fourth-order valence-corrected chi connectivity index (χ4v) is 6.61. The lowest BCUT2D eigenvalue weighted by molar-refractivity contribution is -0.120. The molecule has 0 radical (unpaired) electrons. The van der Waals surface area contributed by atoms with Crippen molar-refractivity contribution in [1.29, 1.82) is 5.41 Å². The van der Waals surface area contributed by atoms with Crippen molar-refractivity contribution >= 4 is 18.1 Å². The first kappa shape index (κ1) is 29.8. The first-order valence-corrected chi connectivity index (χ1v) is 15.0. The zero-order valence-electron chi connectivity index (χ0n) is 25.0. The van der Waals surface area contributed by atoms with Crippen molar-refractivity contribution in [2.75, 3.05) is 13.7 Å². The van der Waals surface area contributed by atoms with Crippen molar-refractivity contribution in [3.63, 3.8) is 0 Å². The Bertz CT molecular complexity index is 1360. The van der Waals surface area contributed by atoms with Gasteiger partial charge in [0.1, 0.15) is 12.2 Å². The van der Waals surface area contributed by atoms with E-state index in [9.17, 15) is 9.90 Å². The molecular weight excluding hydrogens is 528 g/mol. The van der Waals surface area contributed by atoms with Crippen LogP contribution in [0.4, 0.5) is 0 Å². The average molecular weight is 573 g/mol. The monoisotopic (exact) mass is 572 g/mol. The molecular formula is C33H44N6O3. The second-order valence-corrected chi connectivity index (χ2v) is 12.3. The molecule has 9 nitrogen and oxygen atoms in total. The number of hydrazine groups is 1. The third-order valence-electron chi connectivity index (χ3n) is 9.25. The van der Waals surface area contributed by atoms with E-state index >= 15 is 0 Å². The fourth-order valence-electron chi connectivity index (χ4n) is 6.61. The second kappa shape index (κ2) is 12.3. The van der Waals surface area contributed by atoms with Crippen LogP contribution in [-0.4, -0.2) is 59.6 Å². The first-order valence-electron chi connectivity index (χ1n) is 15.0. The number of hydrogen-bond acceptors (Lipinski definition) is 6. The van der Waals surface area contributed by atoms with Crippen molar-refractivity contribution in [2.24, 2.45) is 22.6 Å². The Kier molecular flexibility index (Phi) is 8.70. The molecule has 5 rings (SSSR count). The number of allylic oxidation sites excluding steroid dienone is 6. The van der Waals surface area contributed by atoms with Crippen LogP contribution in [0.15, 0.2) is 87.3 Å². The van der Waals surface area contributed by atoms with Gasteiger partial charge >= 0.3 is 0 Å². The SMILES string of the molecule is C=C1C(C(N)=NC=N)=C(C2=CCC(CNC(=O)C3=CC4=C(C=CC(C)C4)CC3(C)OC)C=C2)NN1C1CCC(O)CC1. The van der Waals surface area contributed by atoms with Crippen LogP contribution < -0.4 is 16.5 Å². The zero-order chi connectivity index (χ0) is 30.0. The third-order valence-corrected chi connectivity index (χ3v) is 9.25. The van der Waals surface area contributed by atoms with Gasteiger partial charge in [-0.3, -0.25) is 20.6 Å². The van der Waals surface area contributed by atoms with Gasteiger partial charge in [0.25, 0.3) is 0 Å². The highest BCUT2D eigenvalue weighted by Gasteiger charge is 2.39. The Balaban J connectivity index is 1.26. The van der Waals surface area contributed by atoms with Crippen molar-refractivity contribution in [3.05, 3.63) is 82.3 Å². The maximum Gasteiger partial charge on any atom is 0.250 e. The molecule has 1 amide bonds. The molecule has 0 aromatic heterocycles. The molecule has 1 saturated carbocycles. The largest absolute Gasteiger partial charge is 0.393 e. The Morgan fingerprint density at radius 3 is 2.74 bits per heavy atom. The predicted octanol–water partition coefficient (Wildman–Crippen LogP) is 4.09.